The Bertz CT molecular complexity index is 653. The molecule has 2 aromatic rings. The molecule has 0 amide bonds. The topological polar surface area (TPSA) is 77.5 Å². The summed E-state index contributed by atoms with van der Waals surface area (Å²) in [6, 6.07) is 2.70. The van der Waals surface area contributed by atoms with E-state index in [9.17, 15) is 18.7 Å². The van der Waals surface area contributed by atoms with Crippen LogP contribution >= 0.6 is 0 Å². The van der Waals surface area contributed by atoms with Gasteiger partial charge in [0.25, 0.3) is 0 Å². The highest BCUT2D eigenvalue weighted by Crippen LogP contribution is 2.19. The second kappa shape index (κ2) is 5.93. The highest BCUT2D eigenvalue weighted by Gasteiger charge is 2.17. The van der Waals surface area contributed by atoms with Crippen molar-refractivity contribution in [3.63, 3.8) is 0 Å². The molecular formula is C12H12F2N2O4. The molecule has 0 saturated heterocycles. The standard InChI is InChI=1S/C12H12F2N2O4/c1-19-6-11-15-16(12(18)20-11)5-10(17)8-4-7(13)2-3-9(8)14/h2-4,10,17H,5-6H2,1H3. The van der Waals surface area contributed by atoms with Crippen LogP contribution in [0.5, 0.6) is 0 Å². The summed E-state index contributed by atoms with van der Waals surface area (Å²) in [6.07, 6.45) is -1.43. The molecule has 1 N–H and O–H groups in total. The number of benzene rings is 1. The Morgan fingerprint density at radius 2 is 2.25 bits per heavy atom. The lowest BCUT2D eigenvalue weighted by molar-refractivity contribution is 0.143. The predicted molar refractivity (Wildman–Crippen MR) is 62.8 cm³/mol. The molecule has 1 heterocycles. The largest absolute Gasteiger partial charge is 0.437 e. The zero-order valence-corrected chi connectivity index (χ0v) is 10.5. The molecule has 2 rings (SSSR count). The smallest absolute Gasteiger partial charge is 0.390 e. The number of halogens is 2. The molecule has 1 aromatic heterocycles. The van der Waals surface area contributed by atoms with Gasteiger partial charge in [0.05, 0.1) is 6.54 Å². The number of aromatic nitrogens is 2. The van der Waals surface area contributed by atoms with Gasteiger partial charge in [0, 0.05) is 12.7 Å². The first-order valence-electron chi connectivity index (χ1n) is 5.70. The van der Waals surface area contributed by atoms with Crippen LogP contribution in [0.15, 0.2) is 27.4 Å². The Morgan fingerprint density at radius 1 is 1.50 bits per heavy atom. The molecular weight excluding hydrogens is 274 g/mol. The summed E-state index contributed by atoms with van der Waals surface area (Å²) in [7, 11) is 1.40. The van der Waals surface area contributed by atoms with Crippen LogP contribution in [-0.2, 0) is 17.9 Å². The normalized spacial score (nSPS) is 12.6. The van der Waals surface area contributed by atoms with Gasteiger partial charge in [-0.25, -0.2) is 13.6 Å². The van der Waals surface area contributed by atoms with E-state index in [1.54, 1.807) is 0 Å². The Kier molecular flexibility index (Phi) is 4.26. The third-order valence-corrected chi connectivity index (χ3v) is 2.58. The zero-order chi connectivity index (χ0) is 14.7. The molecule has 0 spiro atoms. The lowest BCUT2D eigenvalue weighted by Gasteiger charge is -2.10. The van der Waals surface area contributed by atoms with Gasteiger partial charge in [-0.2, -0.15) is 4.68 Å². The molecule has 0 aliphatic heterocycles. The quantitative estimate of drug-likeness (QED) is 0.887. The van der Waals surface area contributed by atoms with E-state index in [2.05, 4.69) is 5.10 Å². The molecule has 108 valence electrons. The molecule has 0 saturated carbocycles. The van der Waals surface area contributed by atoms with Crippen LogP contribution in [0.3, 0.4) is 0 Å². The van der Waals surface area contributed by atoms with Crippen LogP contribution < -0.4 is 5.76 Å². The van der Waals surface area contributed by atoms with Gasteiger partial charge in [-0.1, -0.05) is 0 Å². The summed E-state index contributed by atoms with van der Waals surface area (Å²) in [5.41, 5.74) is -0.256. The van der Waals surface area contributed by atoms with Gasteiger partial charge < -0.3 is 14.3 Å². The summed E-state index contributed by atoms with van der Waals surface area (Å²) >= 11 is 0. The number of aliphatic hydroxyl groups is 1. The molecule has 8 heteroatoms. The van der Waals surface area contributed by atoms with Crippen molar-refractivity contribution >= 4 is 0 Å². The van der Waals surface area contributed by atoms with E-state index < -0.39 is 23.5 Å². The fraction of sp³-hybridized carbons (Fsp3) is 0.333. The number of aliphatic hydroxyl groups excluding tert-OH is 1. The Hall–Kier alpha value is -2.06. The van der Waals surface area contributed by atoms with Crippen LogP contribution in [-0.4, -0.2) is 22.0 Å². The molecule has 20 heavy (non-hydrogen) atoms. The molecule has 0 radical (unpaired) electrons. The van der Waals surface area contributed by atoms with Crippen molar-refractivity contribution in [2.75, 3.05) is 7.11 Å². The minimum Gasteiger partial charge on any atom is -0.390 e. The highest BCUT2D eigenvalue weighted by atomic mass is 19.1. The molecule has 1 unspecified atom stereocenters. The molecule has 0 bridgehead atoms. The van der Waals surface area contributed by atoms with E-state index in [-0.39, 0.29) is 24.6 Å². The molecule has 0 aliphatic rings. The number of nitrogens with zero attached hydrogens (tertiary/aromatic N) is 2. The molecule has 0 fully saturated rings. The number of methoxy groups -OCH3 is 1. The first-order chi connectivity index (χ1) is 9.51. The maximum absolute atomic E-state index is 13.5. The first kappa shape index (κ1) is 14.4. The summed E-state index contributed by atoms with van der Waals surface area (Å²) in [4.78, 5) is 11.4. The lowest BCUT2D eigenvalue weighted by atomic mass is 10.1. The molecule has 1 aromatic carbocycles. The van der Waals surface area contributed by atoms with Gasteiger partial charge in [-0.05, 0) is 18.2 Å². The maximum atomic E-state index is 13.5. The molecule has 1 atom stereocenters. The second-order valence-electron chi connectivity index (χ2n) is 4.06. The Balaban J connectivity index is 2.21. The van der Waals surface area contributed by atoms with Crippen molar-refractivity contribution in [1.82, 2.24) is 9.78 Å². The van der Waals surface area contributed by atoms with Gasteiger partial charge in [-0.3, -0.25) is 0 Å². The van der Waals surface area contributed by atoms with Crippen molar-refractivity contribution in [2.24, 2.45) is 0 Å². The highest BCUT2D eigenvalue weighted by molar-refractivity contribution is 5.20. The van der Waals surface area contributed by atoms with Crippen LogP contribution in [0.2, 0.25) is 0 Å². The van der Waals surface area contributed by atoms with Gasteiger partial charge in [-0.15, -0.1) is 5.10 Å². The van der Waals surface area contributed by atoms with Crippen LogP contribution in [0.25, 0.3) is 0 Å². The minimum absolute atomic E-state index is 0.00728. The first-order valence-corrected chi connectivity index (χ1v) is 5.70. The van der Waals surface area contributed by atoms with Crippen molar-refractivity contribution in [1.29, 1.82) is 0 Å². The number of hydrogen-bond acceptors (Lipinski definition) is 5. The average molecular weight is 286 g/mol. The lowest BCUT2D eigenvalue weighted by Crippen LogP contribution is -2.21. The zero-order valence-electron chi connectivity index (χ0n) is 10.5. The van der Waals surface area contributed by atoms with Crippen molar-refractivity contribution in [2.45, 2.75) is 19.3 Å². The molecule has 6 nitrogen and oxygen atoms in total. The van der Waals surface area contributed by atoms with E-state index in [4.69, 9.17) is 9.15 Å². The SMILES string of the molecule is COCc1nn(CC(O)c2cc(F)ccc2F)c(=O)o1. The average Bonchev–Trinajstić information content (AvgIpc) is 2.73. The number of hydrogen-bond donors (Lipinski definition) is 1. The number of ether oxygens (including phenoxy) is 1. The van der Waals surface area contributed by atoms with Crippen LogP contribution in [0.1, 0.15) is 17.6 Å². The predicted octanol–water partition coefficient (Wildman–Crippen LogP) is 0.995. The number of rotatable bonds is 5. The van der Waals surface area contributed by atoms with Gasteiger partial charge in [0.15, 0.2) is 0 Å². The summed E-state index contributed by atoms with van der Waals surface area (Å²) in [6.45, 7) is -0.362. The summed E-state index contributed by atoms with van der Waals surface area (Å²) in [5.74, 6) is -2.24. The van der Waals surface area contributed by atoms with E-state index in [1.165, 1.54) is 7.11 Å². The fourth-order valence-electron chi connectivity index (χ4n) is 1.68. The maximum Gasteiger partial charge on any atom is 0.437 e. The van der Waals surface area contributed by atoms with Crippen LogP contribution in [0, 0.1) is 11.6 Å². The third kappa shape index (κ3) is 3.09. The monoisotopic (exact) mass is 286 g/mol. The van der Waals surface area contributed by atoms with Crippen molar-refractivity contribution < 1.29 is 23.0 Å². The fourth-order valence-corrected chi connectivity index (χ4v) is 1.68. The second-order valence-corrected chi connectivity index (χ2v) is 4.06. The Morgan fingerprint density at radius 3 is 2.95 bits per heavy atom. The summed E-state index contributed by atoms with van der Waals surface area (Å²) < 4.78 is 36.8. The minimum atomic E-state index is -1.43. The van der Waals surface area contributed by atoms with E-state index in [1.807, 2.05) is 0 Å². The van der Waals surface area contributed by atoms with Crippen molar-refractivity contribution in [3.8, 4) is 0 Å². The van der Waals surface area contributed by atoms with Gasteiger partial charge in [0.2, 0.25) is 5.89 Å². The summed E-state index contributed by atoms with van der Waals surface area (Å²) in [5, 5.41) is 13.6. The Labute approximate surface area is 112 Å². The van der Waals surface area contributed by atoms with Gasteiger partial charge in [0.1, 0.15) is 24.3 Å². The van der Waals surface area contributed by atoms with E-state index in [0.717, 1.165) is 22.9 Å². The van der Waals surface area contributed by atoms with E-state index in [0.29, 0.717) is 0 Å². The van der Waals surface area contributed by atoms with Crippen molar-refractivity contribution in [3.05, 3.63) is 51.8 Å². The van der Waals surface area contributed by atoms with E-state index >= 15 is 0 Å². The third-order valence-electron chi connectivity index (χ3n) is 2.58. The van der Waals surface area contributed by atoms with Crippen LogP contribution in [0.4, 0.5) is 8.78 Å². The molecule has 0 aliphatic carbocycles. The van der Waals surface area contributed by atoms with Gasteiger partial charge >= 0.3 is 5.76 Å².